The summed E-state index contributed by atoms with van der Waals surface area (Å²) in [5.74, 6) is 0.967. The predicted octanol–water partition coefficient (Wildman–Crippen LogP) is 5.11. The zero-order valence-electron chi connectivity index (χ0n) is 14.0. The van der Waals surface area contributed by atoms with Gasteiger partial charge in [0.05, 0.1) is 5.39 Å². The molecule has 0 spiro atoms. The van der Waals surface area contributed by atoms with E-state index in [4.69, 9.17) is 4.74 Å². The number of fused-ring (bicyclic) bond motifs is 1. The lowest BCUT2D eigenvalue weighted by molar-refractivity contribution is -0.114. The van der Waals surface area contributed by atoms with Crippen LogP contribution >= 0.6 is 11.3 Å². The van der Waals surface area contributed by atoms with Crippen LogP contribution in [0.4, 0.5) is 5.69 Å². The van der Waals surface area contributed by atoms with E-state index in [-0.39, 0.29) is 5.91 Å². The second-order valence-electron chi connectivity index (χ2n) is 5.69. The van der Waals surface area contributed by atoms with Crippen molar-refractivity contribution in [1.82, 2.24) is 9.97 Å². The highest BCUT2D eigenvalue weighted by Crippen LogP contribution is 2.37. The molecule has 4 aromatic rings. The molecule has 2 aromatic carbocycles. The van der Waals surface area contributed by atoms with Crippen LogP contribution in [-0.2, 0) is 4.79 Å². The molecule has 0 bridgehead atoms. The molecule has 0 aliphatic heterocycles. The maximum atomic E-state index is 11.2. The zero-order valence-corrected chi connectivity index (χ0v) is 14.8. The third-order valence-electron chi connectivity index (χ3n) is 3.72. The number of hydrogen-bond donors (Lipinski definition) is 1. The molecule has 6 heteroatoms. The number of nitrogens with one attached hydrogen (secondary N) is 1. The van der Waals surface area contributed by atoms with Gasteiger partial charge in [-0.05, 0) is 23.8 Å². The smallest absolute Gasteiger partial charge is 0.231 e. The van der Waals surface area contributed by atoms with Crippen LogP contribution in [0, 0.1) is 0 Å². The molecule has 2 heterocycles. The molecule has 26 heavy (non-hydrogen) atoms. The van der Waals surface area contributed by atoms with Crippen molar-refractivity contribution in [2.45, 2.75) is 6.92 Å². The summed E-state index contributed by atoms with van der Waals surface area (Å²) < 4.78 is 5.97. The lowest BCUT2D eigenvalue weighted by Gasteiger charge is -2.07. The van der Waals surface area contributed by atoms with Crippen molar-refractivity contribution in [3.05, 3.63) is 67.0 Å². The second kappa shape index (κ2) is 6.93. The number of aromatic nitrogens is 2. The van der Waals surface area contributed by atoms with Crippen molar-refractivity contribution in [3.8, 4) is 22.1 Å². The van der Waals surface area contributed by atoms with Gasteiger partial charge in [-0.25, -0.2) is 9.97 Å². The average molecular weight is 361 g/mol. The molecule has 4 rings (SSSR count). The first-order valence-corrected chi connectivity index (χ1v) is 8.86. The molecule has 0 saturated carbocycles. The van der Waals surface area contributed by atoms with Gasteiger partial charge >= 0.3 is 0 Å². The van der Waals surface area contributed by atoms with Gasteiger partial charge in [0, 0.05) is 23.6 Å². The van der Waals surface area contributed by atoms with Gasteiger partial charge < -0.3 is 10.1 Å². The molecule has 5 nitrogen and oxygen atoms in total. The maximum Gasteiger partial charge on any atom is 0.231 e. The Kier molecular flexibility index (Phi) is 4.33. The Bertz CT molecular complexity index is 1080. The molecule has 0 fully saturated rings. The third kappa shape index (κ3) is 3.41. The van der Waals surface area contributed by atoms with Crippen LogP contribution in [-0.4, -0.2) is 15.9 Å². The summed E-state index contributed by atoms with van der Waals surface area (Å²) in [7, 11) is 0. The van der Waals surface area contributed by atoms with Gasteiger partial charge in [-0.2, -0.15) is 0 Å². The van der Waals surface area contributed by atoms with E-state index in [0.717, 1.165) is 20.7 Å². The highest BCUT2D eigenvalue weighted by atomic mass is 32.1. The summed E-state index contributed by atoms with van der Waals surface area (Å²) in [6, 6.07) is 19.4. The van der Waals surface area contributed by atoms with Crippen molar-refractivity contribution < 1.29 is 9.53 Å². The minimum Gasteiger partial charge on any atom is -0.438 e. The number of hydrogen-bond acceptors (Lipinski definition) is 5. The SMILES string of the molecule is CC(=O)Nc1cccc(Oc2ncnc3sc(-c4ccccc4)cc23)c1. The summed E-state index contributed by atoms with van der Waals surface area (Å²) in [5, 5.41) is 3.61. The van der Waals surface area contributed by atoms with E-state index in [1.165, 1.54) is 13.3 Å². The lowest BCUT2D eigenvalue weighted by Crippen LogP contribution is -2.05. The Morgan fingerprint density at radius 2 is 1.88 bits per heavy atom. The Labute approximate surface area is 154 Å². The highest BCUT2D eigenvalue weighted by molar-refractivity contribution is 7.21. The standard InChI is InChI=1S/C20H15N3O2S/c1-13(24)23-15-8-5-9-16(10-15)25-19-17-11-18(14-6-3-2-4-7-14)26-20(17)22-12-21-19/h2-12H,1H3,(H,23,24). The van der Waals surface area contributed by atoms with E-state index < -0.39 is 0 Å². The minimum atomic E-state index is -0.128. The first kappa shape index (κ1) is 16.2. The Balaban J connectivity index is 1.69. The number of carbonyl (C=O) groups is 1. The number of nitrogens with zero attached hydrogens (tertiary/aromatic N) is 2. The van der Waals surface area contributed by atoms with Crippen molar-refractivity contribution in [2.24, 2.45) is 0 Å². The third-order valence-corrected chi connectivity index (χ3v) is 4.81. The molecule has 0 saturated heterocycles. The molecule has 1 amide bonds. The molecule has 0 aliphatic carbocycles. The summed E-state index contributed by atoms with van der Waals surface area (Å²) in [6.45, 7) is 1.47. The first-order chi connectivity index (χ1) is 12.7. The van der Waals surface area contributed by atoms with E-state index in [2.05, 4.69) is 27.4 Å². The average Bonchev–Trinajstić information content (AvgIpc) is 3.08. The van der Waals surface area contributed by atoms with Gasteiger partial charge in [-0.15, -0.1) is 11.3 Å². The molecule has 0 unspecified atom stereocenters. The predicted molar refractivity (Wildman–Crippen MR) is 104 cm³/mol. The zero-order chi connectivity index (χ0) is 17.9. The fraction of sp³-hybridized carbons (Fsp3) is 0.0500. The van der Waals surface area contributed by atoms with Crippen LogP contribution in [0.25, 0.3) is 20.7 Å². The second-order valence-corrected chi connectivity index (χ2v) is 6.72. The van der Waals surface area contributed by atoms with Gasteiger partial charge in [-0.1, -0.05) is 36.4 Å². The number of benzene rings is 2. The summed E-state index contributed by atoms with van der Waals surface area (Å²) in [4.78, 5) is 21.8. The molecule has 0 atom stereocenters. The van der Waals surface area contributed by atoms with E-state index in [0.29, 0.717) is 17.3 Å². The van der Waals surface area contributed by atoms with Gasteiger partial charge in [0.1, 0.15) is 16.9 Å². The molecule has 0 aliphatic rings. The van der Waals surface area contributed by atoms with E-state index in [1.807, 2.05) is 42.5 Å². The van der Waals surface area contributed by atoms with Crippen LogP contribution in [0.3, 0.4) is 0 Å². The lowest BCUT2D eigenvalue weighted by atomic mass is 10.2. The molecule has 0 radical (unpaired) electrons. The maximum absolute atomic E-state index is 11.2. The quantitative estimate of drug-likeness (QED) is 0.549. The highest BCUT2D eigenvalue weighted by Gasteiger charge is 2.12. The monoisotopic (exact) mass is 361 g/mol. The number of amides is 1. The molecular formula is C20H15N3O2S. The van der Waals surface area contributed by atoms with Crippen LogP contribution in [0.1, 0.15) is 6.92 Å². The normalized spacial score (nSPS) is 10.7. The van der Waals surface area contributed by atoms with Crippen molar-refractivity contribution >= 4 is 33.1 Å². The van der Waals surface area contributed by atoms with Crippen LogP contribution < -0.4 is 10.1 Å². The molecule has 128 valence electrons. The topological polar surface area (TPSA) is 64.1 Å². The number of ether oxygens (including phenoxy) is 1. The Morgan fingerprint density at radius 1 is 1.04 bits per heavy atom. The summed E-state index contributed by atoms with van der Waals surface area (Å²) >= 11 is 1.60. The van der Waals surface area contributed by atoms with Crippen molar-refractivity contribution in [2.75, 3.05) is 5.32 Å². The molecule has 1 N–H and O–H groups in total. The van der Waals surface area contributed by atoms with Crippen LogP contribution in [0.15, 0.2) is 67.0 Å². The van der Waals surface area contributed by atoms with Gasteiger partial charge in [0.25, 0.3) is 0 Å². The van der Waals surface area contributed by atoms with Gasteiger partial charge in [0.2, 0.25) is 11.8 Å². The van der Waals surface area contributed by atoms with Crippen LogP contribution in [0.5, 0.6) is 11.6 Å². The van der Waals surface area contributed by atoms with E-state index >= 15 is 0 Å². The first-order valence-electron chi connectivity index (χ1n) is 8.04. The minimum absolute atomic E-state index is 0.128. The molecule has 2 aromatic heterocycles. The van der Waals surface area contributed by atoms with Gasteiger partial charge in [-0.3, -0.25) is 4.79 Å². The Morgan fingerprint density at radius 3 is 2.69 bits per heavy atom. The fourth-order valence-electron chi connectivity index (χ4n) is 2.61. The summed E-state index contributed by atoms with van der Waals surface area (Å²) in [5.41, 5.74) is 1.81. The largest absolute Gasteiger partial charge is 0.438 e. The van der Waals surface area contributed by atoms with Crippen molar-refractivity contribution in [3.63, 3.8) is 0 Å². The van der Waals surface area contributed by atoms with Gasteiger partial charge in [0.15, 0.2) is 0 Å². The van der Waals surface area contributed by atoms with E-state index in [1.54, 1.807) is 17.4 Å². The Hall–Kier alpha value is -3.25. The fourth-order valence-corrected chi connectivity index (χ4v) is 3.61. The molecular weight excluding hydrogens is 346 g/mol. The van der Waals surface area contributed by atoms with Crippen molar-refractivity contribution in [1.29, 1.82) is 0 Å². The number of rotatable bonds is 4. The summed E-state index contributed by atoms with van der Waals surface area (Å²) in [6.07, 6.45) is 1.50. The van der Waals surface area contributed by atoms with Crippen LogP contribution in [0.2, 0.25) is 0 Å². The van der Waals surface area contributed by atoms with E-state index in [9.17, 15) is 4.79 Å². The number of anilines is 1. The number of carbonyl (C=O) groups excluding carboxylic acids is 1. The number of thiophene rings is 1.